The zero-order chi connectivity index (χ0) is 2.00. The molecule has 0 aromatic rings. The van der Waals surface area contributed by atoms with E-state index in [2.05, 4.69) is 6.65 Å². The molecule has 0 spiro atoms. The zero-order valence-electron chi connectivity index (χ0n) is 0.908. The Hall–Kier alpha value is -0.260. The SMILES string of the molecule is C.C.[C-]#[O+]. The topological polar surface area (TPSA) is 19.9 Å². The Bertz CT molecular complexity index is 8.00. The molecule has 0 aliphatic rings. The maximum atomic E-state index is 7.50. The maximum absolute atomic E-state index is 7.50. The summed E-state index contributed by atoms with van der Waals surface area (Å²) in [5.74, 6) is 0. The van der Waals surface area contributed by atoms with Crippen molar-refractivity contribution in [1.29, 1.82) is 0 Å². The van der Waals surface area contributed by atoms with Crippen molar-refractivity contribution in [2.45, 2.75) is 14.9 Å². The molecule has 0 rings (SSSR count). The van der Waals surface area contributed by atoms with Crippen LogP contribution in [-0.2, 0) is 4.65 Å². The first-order valence-electron chi connectivity index (χ1n) is 0.204. The third-order valence-electron chi connectivity index (χ3n) is 0. The van der Waals surface area contributed by atoms with Crippen LogP contribution in [0.5, 0.6) is 0 Å². The summed E-state index contributed by atoms with van der Waals surface area (Å²) in [6, 6.07) is 0. The van der Waals surface area contributed by atoms with E-state index in [1.807, 2.05) is 0 Å². The van der Waals surface area contributed by atoms with Gasteiger partial charge in [-0.25, -0.2) is 0 Å². The molecule has 0 heterocycles. The van der Waals surface area contributed by atoms with Crippen LogP contribution < -0.4 is 0 Å². The van der Waals surface area contributed by atoms with Crippen LogP contribution in [0.25, 0.3) is 0 Å². The Labute approximate surface area is 27.4 Å². The van der Waals surface area contributed by atoms with Crippen molar-refractivity contribution in [2.24, 2.45) is 0 Å². The van der Waals surface area contributed by atoms with Crippen LogP contribution in [0.4, 0.5) is 0 Å². The summed E-state index contributed by atoms with van der Waals surface area (Å²) in [6.07, 6.45) is 0. The summed E-state index contributed by atoms with van der Waals surface area (Å²) in [5.41, 5.74) is 0. The average molecular weight is 60.1 g/mol. The van der Waals surface area contributed by atoms with E-state index in [0.717, 1.165) is 0 Å². The van der Waals surface area contributed by atoms with Crippen molar-refractivity contribution in [2.75, 3.05) is 0 Å². The molecule has 1 heteroatoms. The zero-order valence-corrected chi connectivity index (χ0v) is 0.908. The first-order chi connectivity index (χ1) is 1.00. The molecule has 0 aromatic heterocycles. The van der Waals surface area contributed by atoms with E-state index in [1.54, 1.807) is 0 Å². The summed E-state index contributed by atoms with van der Waals surface area (Å²) < 4.78 is 7.50. The molecule has 0 saturated carbocycles. The van der Waals surface area contributed by atoms with Gasteiger partial charge in [-0.2, -0.15) is 0 Å². The van der Waals surface area contributed by atoms with E-state index >= 15 is 0 Å². The molecule has 0 fully saturated rings. The molecule has 0 aliphatic heterocycles. The van der Waals surface area contributed by atoms with Crippen molar-refractivity contribution in [3.8, 4) is 0 Å². The van der Waals surface area contributed by atoms with Gasteiger partial charge < -0.3 is 0 Å². The van der Waals surface area contributed by atoms with Gasteiger partial charge in [0, 0.05) is 0 Å². The van der Waals surface area contributed by atoms with Crippen LogP contribution in [0.15, 0.2) is 0 Å². The third kappa shape index (κ3) is 14.1. The van der Waals surface area contributed by atoms with Gasteiger partial charge in [-0.1, -0.05) is 14.9 Å². The quantitative estimate of drug-likeness (QED) is 0.296. The van der Waals surface area contributed by atoms with Gasteiger partial charge in [-0.3, -0.25) is 0 Å². The van der Waals surface area contributed by atoms with Crippen LogP contribution in [0, 0.1) is 6.65 Å². The minimum absolute atomic E-state index is 0. The molecule has 0 aromatic carbocycles. The second kappa shape index (κ2) is 123. The summed E-state index contributed by atoms with van der Waals surface area (Å²) in [4.78, 5) is 0. The van der Waals surface area contributed by atoms with E-state index < -0.39 is 0 Å². The standard InChI is InChI=1S/CO.2CH4/c1-2;;/h;2*1H4. The van der Waals surface area contributed by atoms with E-state index in [1.165, 1.54) is 0 Å². The summed E-state index contributed by atoms with van der Waals surface area (Å²) in [6.45, 7) is 4.50. The summed E-state index contributed by atoms with van der Waals surface area (Å²) in [5, 5.41) is 0. The van der Waals surface area contributed by atoms with E-state index in [-0.39, 0.29) is 14.9 Å². The van der Waals surface area contributed by atoms with Gasteiger partial charge in [0.25, 0.3) is 0 Å². The molecule has 1 nitrogen and oxygen atoms in total. The van der Waals surface area contributed by atoms with Crippen LogP contribution in [0.1, 0.15) is 14.9 Å². The second-order valence-corrected chi connectivity index (χ2v) is 0. The molecule has 0 saturated heterocycles. The summed E-state index contributed by atoms with van der Waals surface area (Å²) in [7, 11) is 0. The molecule has 0 radical (unpaired) electrons. The number of hydrogen-bond acceptors (Lipinski definition) is 0. The molecule has 0 unspecified atom stereocenters. The second-order valence-electron chi connectivity index (χ2n) is 0. The fourth-order valence-electron chi connectivity index (χ4n) is 0. The molecule has 0 amide bonds. The number of rotatable bonds is 0. The van der Waals surface area contributed by atoms with E-state index in [9.17, 15) is 0 Å². The van der Waals surface area contributed by atoms with Gasteiger partial charge in [-0.15, -0.1) is 0 Å². The monoisotopic (exact) mass is 60.1 g/mol. The van der Waals surface area contributed by atoms with Crippen LogP contribution in [0.2, 0.25) is 0 Å². The Morgan fingerprint density at radius 2 is 1.00 bits per heavy atom. The predicted octanol–water partition coefficient (Wildman–Crippen LogP) is 1.23. The molecule has 0 atom stereocenters. The Kier molecular flexibility index (Phi) is 1570. The van der Waals surface area contributed by atoms with Crippen molar-refractivity contribution in [3.63, 3.8) is 0 Å². The Morgan fingerprint density at radius 3 is 1.00 bits per heavy atom. The van der Waals surface area contributed by atoms with Crippen LogP contribution in [-0.4, -0.2) is 0 Å². The van der Waals surface area contributed by atoms with Gasteiger partial charge >= 0.3 is 11.3 Å². The molecular weight excluding hydrogens is 52.0 g/mol. The first-order valence-corrected chi connectivity index (χ1v) is 0.204. The van der Waals surface area contributed by atoms with Crippen molar-refractivity contribution in [3.05, 3.63) is 6.65 Å². The van der Waals surface area contributed by atoms with Gasteiger partial charge in [0.2, 0.25) is 0 Å². The van der Waals surface area contributed by atoms with Crippen LogP contribution in [0.3, 0.4) is 0 Å². The van der Waals surface area contributed by atoms with E-state index in [0.29, 0.717) is 0 Å². The molecule has 0 aliphatic carbocycles. The number of hydrogen-bond donors (Lipinski definition) is 0. The van der Waals surface area contributed by atoms with Gasteiger partial charge in [-0.05, 0) is 0 Å². The normalized spacial score (nSPS) is 0.500. The van der Waals surface area contributed by atoms with Gasteiger partial charge in [0.15, 0.2) is 0 Å². The molecular formula is C3H8O. The van der Waals surface area contributed by atoms with Crippen molar-refractivity contribution < 1.29 is 4.65 Å². The molecule has 4 heavy (non-hydrogen) atoms. The van der Waals surface area contributed by atoms with Crippen LogP contribution >= 0.6 is 0 Å². The third-order valence-corrected chi connectivity index (χ3v) is 0. The average Bonchev–Trinajstić information content (AvgIpc) is 1.00. The molecule has 0 N–H and O–H groups in total. The van der Waals surface area contributed by atoms with Gasteiger partial charge in [0.1, 0.15) is 0 Å². The first kappa shape index (κ1) is 51.3. The van der Waals surface area contributed by atoms with Crippen molar-refractivity contribution in [1.82, 2.24) is 0 Å². The Balaban J connectivity index is -0.00000000500. The fraction of sp³-hybridized carbons (Fsp3) is 0.667. The Morgan fingerprint density at radius 1 is 1.00 bits per heavy atom. The van der Waals surface area contributed by atoms with E-state index in [4.69, 9.17) is 4.65 Å². The molecule has 0 bridgehead atoms. The predicted molar refractivity (Wildman–Crippen MR) is 17.4 cm³/mol. The van der Waals surface area contributed by atoms with Gasteiger partial charge in [0.05, 0.1) is 0 Å². The summed E-state index contributed by atoms with van der Waals surface area (Å²) >= 11 is 0. The van der Waals surface area contributed by atoms with Crippen molar-refractivity contribution >= 4 is 0 Å². The fourth-order valence-corrected chi connectivity index (χ4v) is 0. The minimum atomic E-state index is 0. The molecule has 26 valence electrons.